The van der Waals surface area contributed by atoms with Crippen LogP contribution in [0.4, 0.5) is 4.79 Å². The Morgan fingerprint density at radius 2 is 2.10 bits per heavy atom. The van der Waals surface area contributed by atoms with Crippen molar-refractivity contribution in [1.82, 2.24) is 4.90 Å². The summed E-state index contributed by atoms with van der Waals surface area (Å²) in [6.07, 6.45) is 4.58. The largest absolute Gasteiger partial charge is 0.445 e. The van der Waals surface area contributed by atoms with Crippen molar-refractivity contribution in [2.75, 3.05) is 13.2 Å². The summed E-state index contributed by atoms with van der Waals surface area (Å²) in [4.78, 5) is 14.0. The van der Waals surface area contributed by atoms with Crippen LogP contribution in [0.2, 0.25) is 0 Å². The Morgan fingerprint density at radius 3 is 2.85 bits per heavy atom. The molecule has 0 unspecified atom stereocenters. The molecule has 1 heterocycles. The lowest BCUT2D eigenvalue weighted by Crippen LogP contribution is -2.44. The highest BCUT2D eigenvalue weighted by Gasteiger charge is 2.27. The van der Waals surface area contributed by atoms with Gasteiger partial charge in [-0.15, -0.1) is 0 Å². The van der Waals surface area contributed by atoms with Crippen LogP contribution >= 0.6 is 0 Å². The lowest BCUT2D eigenvalue weighted by atomic mass is 9.99. The minimum Gasteiger partial charge on any atom is -0.445 e. The highest BCUT2D eigenvalue weighted by molar-refractivity contribution is 5.68. The van der Waals surface area contributed by atoms with Gasteiger partial charge in [0.25, 0.3) is 0 Å². The van der Waals surface area contributed by atoms with Crippen LogP contribution in [0.25, 0.3) is 0 Å². The fraction of sp³-hybridized carbons (Fsp3) is 0.562. The second kappa shape index (κ2) is 7.90. The third-order valence-corrected chi connectivity index (χ3v) is 3.76. The van der Waals surface area contributed by atoms with Gasteiger partial charge in [0.1, 0.15) is 6.61 Å². The van der Waals surface area contributed by atoms with Gasteiger partial charge in [-0.2, -0.15) is 0 Å². The Labute approximate surface area is 120 Å². The van der Waals surface area contributed by atoms with E-state index in [0.717, 1.165) is 44.2 Å². The molecule has 0 bridgehead atoms. The first-order valence-corrected chi connectivity index (χ1v) is 7.39. The molecule has 1 aromatic rings. The number of hydrogen-bond donors (Lipinski definition) is 1. The molecule has 1 aromatic carbocycles. The fourth-order valence-electron chi connectivity index (χ4n) is 2.67. The van der Waals surface area contributed by atoms with Gasteiger partial charge < -0.3 is 14.7 Å². The number of carbonyl (C=O) groups is 1. The minimum absolute atomic E-state index is 0.184. The SMILES string of the molecule is O=C(OCc1ccccc1)N1CCCC[C@@H]1CCCO. The van der Waals surface area contributed by atoms with E-state index in [2.05, 4.69) is 0 Å². The summed E-state index contributed by atoms with van der Waals surface area (Å²) in [5, 5.41) is 8.94. The summed E-state index contributed by atoms with van der Waals surface area (Å²) in [6.45, 7) is 1.27. The summed E-state index contributed by atoms with van der Waals surface area (Å²) < 4.78 is 5.40. The van der Waals surface area contributed by atoms with Gasteiger partial charge in [-0.1, -0.05) is 30.3 Å². The van der Waals surface area contributed by atoms with Gasteiger partial charge in [-0.05, 0) is 37.7 Å². The molecule has 0 spiro atoms. The van der Waals surface area contributed by atoms with Gasteiger partial charge in [0.2, 0.25) is 0 Å². The number of ether oxygens (including phenoxy) is 1. The van der Waals surface area contributed by atoms with E-state index in [4.69, 9.17) is 9.84 Å². The molecule has 1 fully saturated rings. The number of piperidine rings is 1. The normalized spacial score (nSPS) is 18.9. The number of carbonyl (C=O) groups excluding carboxylic acids is 1. The van der Waals surface area contributed by atoms with Crippen molar-refractivity contribution in [1.29, 1.82) is 0 Å². The summed E-state index contributed by atoms with van der Waals surface area (Å²) in [5.74, 6) is 0. The van der Waals surface area contributed by atoms with E-state index in [0.29, 0.717) is 6.61 Å². The van der Waals surface area contributed by atoms with Crippen molar-refractivity contribution in [2.24, 2.45) is 0 Å². The lowest BCUT2D eigenvalue weighted by Gasteiger charge is -2.34. The van der Waals surface area contributed by atoms with Crippen LogP contribution in [0.5, 0.6) is 0 Å². The molecule has 1 atom stereocenters. The molecule has 1 amide bonds. The third-order valence-electron chi connectivity index (χ3n) is 3.76. The van der Waals surface area contributed by atoms with Crippen LogP contribution in [0, 0.1) is 0 Å². The Morgan fingerprint density at radius 1 is 1.30 bits per heavy atom. The molecule has 0 aromatic heterocycles. The van der Waals surface area contributed by atoms with Crippen LogP contribution in [0.1, 0.15) is 37.7 Å². The van der Waals surface area contributed by atoms with Crippen LogP contribution in [-0.4, -0.2) is 35.3 Å². The van der Waals surface area contributed by atoms with Gasteiger partial charge in [0, 0.05) is 19.2 Å². The van der Waals surface area contributed by atoms with E-state index in [-0.39, 0.29) is 18.7 Å². The van der Waals surface area contributed by atoms with E-state index in [1.807, 2.05) is 35.2 Å². The van der Waals surface area contributed by atoms with Crippen molar-refractivity contribution in [3.05, 3.63) is 35.9 Å². The highest BCUT2D eigenvalue weighted by atomic mass is 16.6. The van der Waals surface area contributed by atoms with Gasteiger partial charge in [-0.25, -0.2) is 4.79 Å². The molecule has 1 aliphatic heterocycles. The van der Waals surface area contributed by atoms with E-state index >= 15 is 0 Å². The van der Waals surface area contributed by atoms with Gasteiger partial charge in [0.15, 0.2) is 0 Å². The first-order valence-electron chi connectivity index (χ1n) is 7.39. The maximum Gasteiger partial charge on any atom is 0.410 e. The molecule has 2 rings (SSSR count). The maximum absolute atomic E-state index is 12.2. The number of benzene rings is 1. The zero-order chi connectivity index (χ0) is 14.2. The summed E-state index contributed by atoms with van der Waals surface area (Å²) in [5.41, 5.74) is 1.00. The predicted octanol–water partition coefficient (Wildman–Crippen LogP) is 2.95. The van der Waals surface area contributed by atoms with Crippen molar-refractivity contribution in [2.45, 2.75) is 44.8 Å². The number of hydrogen-bond acceptors (Lipinski definition) is 3. The fourth-order valence-corrected chi connectivity index (χ4v) is 2.67. The molecule has 20 heavy (non-hydrogen) atoms. The summed E-state index contributed by atoms with van der Waals surface area (Å²) >= 11 is 0. The first-order chi connectivity index (χ1) is 9.81. The van der Waals surface area contributed by atoms with Crippen LogP contribution in [0.3, 0.4) is 0 Å². The summed E-state index contributed by atoms with van der Waals surface area (Å²) in [7, 11) is 0. The average molecular weight is 277 g/mol. The molecule has 1 aliphatic rings. The number of aliphatic hydroxyl groups excluding tert-OH is 1. The zero-order valence-corrected chi connectivity index (χ0v) is 11.8. The second-order valence-corrected chi connectivity index (χ2v) is 5.25. The number of amides is 1. The van der Waals surface area contributed by atoms with E-state index < -0.39 is 0 Å². The number of nitrogens with zero attached hydrogens (tertiary/aromatic N) is 1. The topological polar surface area (TPSA) is 49.8 Å². The van der Waals surface area contributed by atoms with Crippen molar-refractivity contribution in [3.63, 3.8) is 0 Å². The lowest BCUT2D eigenvalue weighted by molar-refractivity contribution is 0.0641. The molecular formula is C16H23NO3. The molecule has 0 saturated carbocycles. The van der Waals surface area contributed by atoms with Gasteiger partial charge in [0.05, 0.1) is 0 Å². The van der Waals surface area contributed by atoms with Crippen LogP contribution < -0.4 is 0 Å². The molecular weight excluding hydrogens is 254 g/mol. The molecule has 4 nitrogen and oxygen atoms in total. The van der Waals surface area contributed by atoms with Gasteiger partial charge >= 0.3 is 6.09 Å². The average Bonchev–Trinajstić information content (AvgIpc) is 2.52. The van der Waals surface area contributed by atoms with Crippen molar-refractivity contribution >= 4 is 6.09 Å². The molecule has 0 radical (unpaired) electrons. The molecule has 110 valence electrons. The zero-order valence-electron chi connectivity index (χ0n) is 11.8. The van der Waals surface area contributed by atoms with Crippen LogP contribution in [-0.2, 0) is 11.3 Å². The van der Waals surface area contributed by atoms with Crippen molar-refractivity contribution in [3.8, 4) is 0 Å². The third kappa shape index (κ3) is 4.23. The predicted molar refractivity (Wildman–Crippen MR) is 77.3 cm³/mol. The molecule has 0 aliphatic carbocycles. The maximum atomic E-state index is 12.2. The Hall–Kier alpha value is -1.55. The first kappa shape index (κ1) is 14.9. The number of rotatable bonds is 5. The summed E-state index contributed by atoms with van der Waals surface area (Å²) in [6, 6.07) is 9.95. The van der Waals surface area contributed by atoms with E-state index in [1.54, 1.807) is 0 Å². The molecule has 1 saturated heterocycles. The quantitative estimate of drug-likeness (QED) is 0.900. The number of likely N-dealkylation sites (tertiary alicyclic amines) is 1. The molecule has 1 N–H and O–H groups in total. The standard InChI is InChI=1S/C16H23NO3/c18-12-6-10-15-9-4-5-11-17(15)16(19)20-13-14-7-2-1-3-8-14/h1-3,7-8,15,18H,4-6,9-13H2/t15-/m1/s1. The highest BCUT2D eigenvalue weighted by Crippen LogP contribution is 2.21. The minimum atomic E-state index is -0.225. The second-order valence-electron chi connectivity index (χ2n) is 5.25. The monoisotopic (exact) mass is 277 g/mol. The Balaban J connectivity index is 1.85. The smallest absolute Gasteiger partial charge is 0.410 e. The molecule has 4 heteroatoms. The van der Waals surface area contributed by atoms with E-state index in [1.165, 1.54) is 0 Å². The van der Waals surface area contributed by atoms with Gasteiger partial charge in [-0.3, -0.25) is 0 Å². The number of aliphatic hydroxyl groups is 1. The van der Waals surface area contributed by atoms with Crippen molar-refractivity contribution < 1.29 is 14.6 Å². The Kier molecular flexibility index (Phi) is 5.87. The van der Waals surface area contributed by atoms with E-state index in [9.17, 15) is 4.79 Å². The Bertz CT molecular complexity index is 407. The van der Waals surface area contributed by atoms with Crippen LogP contribution in [0.15, 0.2) is 30.3 Å².